The first-order valence-corrected chi connectivity index (χ1v) is 34.9. The van der Waals surface area contributed by atoms with Crippen LogP contribution < -0.4 is 5.32 Å². The van der Waals surface area contributed by atoms with Gasteiger partial charge in [0.2, 0.25) is 5.91 Å². The molecule has 0 spiro atoms. The van der Waals surface area contributed by atoms with Crippen molar-refractivity contribution in [2.45, 2.75) is 386 Å². The number of nitrogens with one attached hydrogen (secondary N) is 1. The normalized spacial score (nSPS) is 12.8. The number of rotatable bonds is 65. The van der Waals surface area contributed by atoms with Crippen LogP contribution in [0, 0.1) is 0 Å². The molecule has 0 aromatic rings. The molecule has 0 fully saturated rings. The summed E-state index contributed by atoms with van der Waals surface area (Å²) in [5, 5.41) is 23.2. The predicted molar refractivity (Wildman–Crippen MR) is 342 cm³/mol. The maximum atomic E-state index is 12.5. The van der Waals surface area contributed by atoms with Crippen LogP contribution in [0.3, 0.4) is 0 Å². The average molecular weight is 1090 g/mol. The number of hydrogen-bond acceptors (Lipinski definition) is 5. The lowest BCUT2D eigenvalue weighted by Gasteiger charge is -2.20. The molecule has 0 aromatic carbocycles. The van der Waals surface area contributed by atoms with Crippen LogP contribution in [0.4, 0.5) is 0 Å². The lowest BCUT2D eigenvalue weighted by molar-refractivity contribution is -0.143. The Labute approximate surface area is 486 Å². The van der Waals surface area contributed by atoms with Gasteiger partial charge in [-0.2, -0.15) is 0 Å². The lowest BCUT2D eigenvalue weighted by atomic mass is 10.0. The number of carbonyl (C=O) groups excluding carboxylic acids is 2. The van der Waals surface area contributed by atoms with Crippen LogP contribution in [0.15, 0.2) is 48.6 Å². The zero-order chi connectivity index (χ0) is 56.4. The Balaban J connectivity index is 3.39. The van der Waals surface area contributed by atoms with E-state index in [2.05, 4.69) is 55.6 Å². The van der Waals surface area contributed by atoms with Crippen molar-refractivity contribution in [2.24, 2.45) is 0 Å². The van der Waals surface area contributed by atoms with E-state index in [0.717, 1.165) is 51.4 Å². The van der Waals surface area contributed by atoms with E-state index in [0.29, 0.717) is 19.4 Å². The second kappa shape index (κ2) is 67.3. The van der Waals surface area contributed by atoms with E-state index in [1.165, 1.54) is 295 Å². The minimum atomic E-state index is -0.845. The van der Waals surface area contributed by atoms with Gasteiger partial charge in [-0.05, 0) is 89.9 Å². The first kappa shape index (κ1) is 75.8. The van der Waals surface area contributed by atoms with Crippen molar-refractivity contribution < 1.29 is 24.5 Å². The van der Waals surface area contributed by atoms with Gasteiger partial charge in [-0.1, -0.05) is 319 Å². The SMILES string of the molecule is CCCCC/C=C\C/C=C\CCCCCCCCCCCC(=O)OCCCCCCCCCCCCCC/C=C\CCCCCCCCCCCCCC(=O)NC(CO)C(O)/C=C/CCCCCCCCCCCCCCC. The second-order valence-electron chi connectivity index (χ2n) is 23.9. The fraction of sp³-hybridized carbons (Fsp3) is 0.861. The first-order valence-electron chi connectivity index (χ1n) is 34.9. The Morgan fingerprint density at radius 3 is 1.01 bits per heavy atom. The summed E-state index contributed by atoms with van der Waals surface area (Å²) in [7, 11) is 0. The molecule has 78 heavy (non-hydrogen) atoms. The van der Waals surface area contributed by atoms with Crippen LogP contribution in [-0.2, 0) is 14.3 Å². The van der Waals surface area contributed by atoms with Crippen LogP contribution >= 0.6 is 0 Å². The summed E-state index contributed by atoms with van der Waals surface area (Å²) in [6.07, 6.45) is 87.5. The fourth-order valence-electron chi connectivity index (χ4n) is 10.7. The van der Waals surface area contributed by atoms with Gasteiger partial charge in [0.25, 0.3) is 0 Å². The summed E-state index contributed by atoms with van der Waals surface area (Å²) in [5.74, 6) is -0.0563. The molecule has 458 valence electrons. The second-order valence-corrected chi connectivity index (χ2v) is 23.9. The van der Waals surface area contributed by atoms with Gasteiger partial charge in [0.1, 0.15) is 0 Å². The van der Waals surface area contributed by atoms with Crippen molar-refractivity contribution in [2.75, 3.05) is 13.2 Å². The Morgan fingerprint density at radius 1 is 0.359 bits per heavy atom. The fourth-order valence-corrected chi connectivity index (χ4v) is 10.7. The Morgan fingerprint density at radius 2 is 0.641 bits per heavy atom. The van der Waals surface area contributed by atoms with Crippen LogP contribution in [0.25, 0.3) is 0 Å². The summed E-state index contributed by atoms with van der Waals surface area (Å²) < 4.78 is 5.50. The molecule has 0 saturated heterocycles. The van der Waals surface area contributed by atoms with E-state index in [1.807, 2.05) is 6.08 Å². The van der Waals surface area contributed by atoms with E-state index in [1.54, 1.807) is 6.08 Å². The number of esters is 1. The zero-order valence-electron chi connectivity index (χ0n) is 52.4. The molecule has 0 bridgehead atoms. The standard InChI is InChI=1S/C72H135NO5/c1-3-5-7-9-11-13-15-17-19-20-30-34-38-42-46-50-54-58-62-66-72(77)78-67-63-59-55-51-47-43-39-35-32-29-27-25-23-21-22-24-26-28-31-33-37-41-45-49-53-57-61-65-71(76)73-69(68-74)70(75)64-60-56-52-48-44-40-36-18-16-14-12-10-8-6-4-2/h11,13,17,19,21-22,60,64,69-70,74-75H,3-10,12,14-16,18,20,23-59,61-63,65-68H2,1-2H3,(H,73,76)/b13-11-,19-17-,22-21-,64-60+. The van der Waals surface area contributed by atoms with E-state index in [9.17, 15) is 19.8 Å². The summed E-state index contributed by atoms with van der Waals surface area (Å²) >= 11 is 0. The predicted octanol–water partition coefficient (Wildman–Crippen LogP) is 22.5. The van der Waals surface area contributed by atoms with Crippen LogP contribution in [-0.4, -0.2) is 47.4 Å². The van der Waals surface area contributed by atoms with E-state index >= 15 is 0 Å². The molecule has 0 aliphatic heterocycles. The monoisotopic (exact) mass is 1090 g/mol. The third-order valence-electron chi connectivity index (χ3n) is 16.1. The molecule has 0 aliphatic carbocycles. The summed E-state index contributed by atoms with van der Waals surface area (Å²) in [5.41, 5.74) is 0. The largest absolute Gasteiger partial charge is 0.466 e. The van der Waals surface area contributed by atoms with E-state index in [-0.39, 0.29) is 18.5 Å². The van der Waals surface area contributed by atoms with Gasteiger partial charge in [0.15, 0.2) is 0 Å². The van der Waals surface area contributed by atoms with Crippen molar-refractivity contribution in [1.29, 1.82) is 0 Å². The number of aliphatic hydroxyl groups excluding tert-OH is 2. The van der Waals surface area contributed by atoms with Crippen LogP contribution in [0.2, 0.25) is 0 Å². The van der Waals surface area contributed by atoms with Crippen molar-refractivity contribution in [3.63, 3.8) is 0 Å². The van der Waals surface area contributed by atoms with E-state index in [4.69, 9.17) is 4.74 Å². The molecule has 1 amide bonds. The number of hydrogen-bond donors (Lipinski definition) is 3. The molecule has 0 heterocycles. The number of carbonyl (C=O) groups is 2. The Bertz CT molecular complexity index is 1310. The van der Waals surface area contributed by atoms with E-state index < -0.39 is 12.1 Å². The molecular formula is C72H135NO5. The molecule has 0 radical (unpaired) electrons. The third-order valence-corrected chi connectivity index (χ3v) is 16.1. The smallest absolute Gasteiger partial charge is 0.305 e. The van der Waals surface area contributed by atoms with Crippen LogP contribution in [0.1, 0.15) is 373 Å². The average Bonchev–Trinajstić information content (AvgIpc) is 3.44. The highest BCUT2D eigenvalue weighted by Crippen LogP contribution is 2.18. The van der Waals surface area contributed by atoms with Crippen molar-refractivity contribution >= 4 is 11.9 Å². The molecule has 0 aromatic heterocycles. The van der Waals surface area contributed by atoms with Crippen LogP contribution in [0.5, 0.6) is 0 Å². The summed E-state index contributed by atoms with van der Waals surface area (Å²) in [6, 6.07) is -0.629. The maximum absolute atomic E-state index is 12.5. The highest BCUT2D eigenvalue weighted by atomic mass is 16.5. The summed E-state index contributed by atoms with van der Waals surface area (Å²) in [6.45, 7) is 4.90. The van der Waals surface area contributed by atoms with Gasteiger partial charge in [0, 0.05) is 12.8 Å². The van der Waals surface area contributed by atoms with Crippen molar-refractivity contribution in [1.82, 2.24) is 5.32 Å². The number of allylic oxidation sites excluding steroid dienone is 7. The molecule has 0 saturated carbocycles. The van der Waals surface area contributed by atoms with Gasteiger partial charge in [-0.15, -0.1) is 0 Å². The summed E-state index contributed by atoms with van der Waals surface area (Å²) in [4.78, 5) is 24.6. The molecule has 6 heteroatoms. The minimum absolute atomic E-state index is 0.0110. The highest BCUT2D eigenvalue weighted by molar-refractivity contribution is 5.76. The number of unbranched alkanes of at least 4 members (excludes halogenated alkanes) is 48. The maximum Gasteiger partial charge on any atom is 0.305 e. The zero-order valence-corrected chi connectivity index (χ0v) is 52.4. The van der Waals surface area contributed by atoms with Crippen molar-refractivity contribution in [3.05, 3.63) is 48.6 Å². The molecule has 3 N–H and O–H groups in total. The molecule has 6 nitrogen and oxygen atoms in total. The molecular weight excluding hydrogens is 959 g/mol. The quantitative estimate of drug-likeness (QED) is 0.0320. The van der Waals surface area contributed by atoms with Gasteiger partial charge >= 0.3 is 5.97 Å². The Hall–Kier alpha value is -2.18. The van der Waals surface area contributed by atoms with Gasteiger partial charge < -0.3 is 20.3 Å². The Kier molecular flexibility index (Phi) is 65.4. The molecule has 0 aliphatic rings. The number of aliphatic hydroxyl groups is 2. The molecule has 2 atom stereocenters. The first-order chi connectivity index (χ1) is 38.5. The third kappa shape index (κ3) is 63.0. The lowest BCUT2D eigenvalue weighted by Crippen LogP contribution is -2.45. The molecule has 0 rings (SSSR count). The number of ether oxygens (including phenoxy) is 1. The van der Waals surface area contributed by atoms with Gasteiger partial charge in [-0.3, -0.25) is 9.59 Å². The minimum Gasteiger partial charge on any atom is -0.466 e. The topological polar surface area (TPSA) is 95.9 Å². The van der Waals surface area contributed by atoms with Crippen molar-refractivity contribution in [3.8, 4) is 0 Å². The number of amides is 1. The highest BCUT2D eigenvalue weighted by Gasteiger charge is 2.18. The van der Waals surface area contributed by atoms with Gasteiger partial charge in [-0.25, -0.2) is 0 Å². The molecule has 2 unspecified atom stereocenters. The van der Waals surface area contributed by atoms with Gasteiger partial charge in [0.05, 0.1) is 25.4 Å².